The fourth-order valence-electron chi connectivity index (χ4n) is 1.70. The Labute approximate surface area is 115 Å². The van der Waals surface area contributed by atoms with Crippen molar-refractivity contribution in [3.8, 4) is 5.75 Å². The molecule has 1 aromatic carbocycles. The number of rotatable bonds is 4. The van der Waals surface area contributed by atoms with E-state index < -0.39 is 0 Å². The summed E-state index contributed by atoms with van der Waals surface area (Å²) in [6.07, 6.45) is 1.75. The lowest BCUT2D eigenvalue weighted by molar-refractivity contribution is 0.465. The average molecular weight is 283 g/mol. The van der Waals surface area contributed by atoms with E-state index in [4.69, 9.17) is 11.6 Å². The molecule has 3 nitrogen and oxygen atoms in total. The van der Waals surface area contributed by atoms with Gasteiger partial charge in [-0.05, 0) is 17.5 Å². The lowest BCUT2D eigenvalue weighted by Crippen LogP contribution is -1.98. The minimum Gasteiger partial charge on any atom is -0.508 e. The second-order valence-corrected chi connectivity index (χ2v) is 6.06. The van der Waals surface area contributed by atoms with E-state index in [1.165, 1.54) is 11.3 Å². The molecule has 0 aliphatic carbocycles. The van der Waals surface area contributed by atoms with Crippen LogP contribution in [0, 0.1) is 0 Å². The molecule has 0 fully saturated rings. The molecule has 1 heterocycles. The summed E-state index contributed by atoms with van der Waals surface area (Å²) in [6, 6.07) is 5.66. The Morgan fingerprint density at radius 2 is 2.22 bits per heavy atom. The fraction of sp³-hybridized carbons (Fsp3) is 0.308. The van der Waals surface area contributed by atoms with Crippen molar-refractivity contribution >= 4 is 28.6 Å². The first-order valence-corrected chi connectivity index (χ1v) is 6.92. The average Bonchev–Trinajstić information content (AvgIpc) is 2.72. The summed E-state index contributed by atoms with van der Waals surface area (Å²) in [5.41, 5.74) is 1.85. The minimum absolute atomic E-state index is 0.319. The van der Waals surface area contributed by atoms with Gasteiger partial charge in [0.05, 0.1) is 6.54 Å². The summed E-state index contributed by atoms with van der Waals surface area (Å²) in [6.45, 7) is 4.77. The van der Waals surface area contributed by atoms with Gasteiger partial charge in [-0.2, -0.15) is 0 Å². The number of thiazole rings is 1. The molecular formula is C13H15ClN2OS. The van der Waals surface area contributed by atoms with Crippen LogP contribution < -0.4 is 5.32 Å². The van der Waals surface area contributed by atoms with Crippen LogP contribution >= 0.6 is 22.9 Å². The molecule has 0 radical (unpaired) electrons. The Hall–Kier alpha value is -1.26. The summed E-state index contributed by atoms with van der Waals surface area (Å²) in [4.78, 5) is 5.04. The standard InChI is InChI=1S/C13H15ClN2OS/c1-8(2)11-4-3-9(5-12(11)17)15-6-10-7-16-13(14)18-10/h3-5,7-8,15,17H,6H2,1-2H3. The maximum atomic E-state index is 9.89. The van der Waals surface area contributed by atoms with Gasteiger partial charge < -0.3 is 10.4 Å². The summed E-state index contributed by atoms with van der Waals surface area (Å²) < 4.78 is 0.546. The second-order valence-electron chi connectivity index (χ2n) is 4.36. The zero-order valence-corrected chi connectivity index (χ0v) is 11.8. The van der Waals surface area contributed by atoms with E-state index in [1.807, 2.05) is 12.1 Å². The number of hydrogen-bond donors (Lipinski definition) is 2. The summed E-state index contributed by atoms with van der Waals surface area (Å²) in [5, 5.41) is 13.1. The number of phenolic OH excluding ortho intramolecular Hbond substituents is 1. The van der Waals surface area contributed by atoms with Crippen LogP contribution in [-0.2, 0) is 6.54 Å². The molecule has 0 aliphatic rings. The maximum absolute atomic E-state index is 9.89. The molecule has 0 aliphatic heterocycles. The first kappa shape index (κ1) is 13.2. The van der Waals surface area contributed by atoms with E-state index in [0.717, 1.165) is 16.1 Å². The molecule has 0 saturated carbocycles. The van der Waals surface area contributed by atoms with Gasteiger partial charge in [-0.3, -0.25) is 0 Å². The Balaban J connectivity index is 2.04. The Kier molecular flexibility index (Phi) is 4.09. The van der Waals surface area contributed by atoms with Crippen molar-refractivity contribution in [1.29, 1.82) is 0 Å². The topological polar surface area (TPSA) is 45.2 Å². The first-order chi connectivity index (χ1) is 8.56. The molecule has 96 valence electrons. The molecule has 2 rings (SSSR count). The van der Waals surface area contributed by atoms with E-state index >= 15 is 0 Å². The predicted molar refractivity (Wildman–Crippen MR) is 76.6 cm³/mol. The van der Waals surface area contributed by atoms with Gasteiger partial charge in [-0.1, -0.05) is 31.5 Å². The number of nitrogens with zero attached hydrogens (tertiary/aromatic N) is 1. The molecule has 5 heteroatoms. The highest BCUT2D eigenvalue weighted by atomic mass is 35.5. The van der Waals surface area contributed by atoms with Gasteiger partial charge in [-0.15, -0.1) is 11.3 Å². The van der Waals surface area contributed by atoms with Crippen LogP contribution in [0.2, 0.25) is 4.47 Å². The molecule has 2 N–H and O–H groups in total. The zero-order valence-electron chi connectivity index (χ0n) is 10.3. The lowest BCUT2D eigenvalue weighted by atomic mass is 10.0. The molecule has 18 heavy (non-hydrogen) atoms. The van der Waals surface area contributed by atoms with Gasteiger partial charge in [-0.25, -0.2) is 4.98 Å². The number of aromatic nitrogens is 1. The Morgan fingerprint density at radius 3 is 2.78 bits per heavy atom. The highest BCUT2D eigenvalue weighted by molar-refractivity contribution is 7.15. The maximum Gasteiger partial charge on any atom is 0.183 e. The first-order valence-electron chi connectivity index (χ1n) is 5.73. The van der Waals surface area contributed by atoms with Gasteiger partial charge in [0.15, 0.2) is 4.47 Å². The lowest BCUT2D eigenvalue weighted by Gasteiger charge is -2.11. The monoisotopic (exact) mass is 282 g/mol. The van der Waals surface area contributed by atoms with Gasteiger partial charge in [0.25, 0.3) is 0 Å². The molecule has 1 aromatic heterocycles. The third-order valence-corrected chi connectivity index (χ3v) is 3.76. The molecule has 0 amide bonds. The van der Waals surface area contributed by atoms with Gasteiger partial charge in [0.2, 0.25) is 0 Å². The largest absolute Gasteiger partial charge is 0.508 e. The number of hydrogen-bond acceptors (Lipinski definition) is 4. The van der Waals surface area contributed by atoms with Gasteiger partial charge in [0, 0.05) is 22.8 Å². The van der Waals surface area contributed by atoms with Crippen LogP contribution in [0.5, 0.6) is 5.75 Å². The number of benzene rings is 1. The van der Waals surface area contributed by atoms with E-state index in [0.29, 0.717) is 22.7 Å². The third kappa shape index (κ3) is 3.15. The molecule has 0 unspecified atom stereocenters. The second kappa shape index (κ2) is 5.59. The van der Waals surface area contributed by atoms with Crippen LogP contribution in [0.4, 0.5) is 5.69 Å². The number of aromatic hydroxyl groups is 1. The van der Waals surface area contributed by atoms with Crippen LogP contribution in [0.15, 0.2) is 24.4 Å². The zero-order chi connectivity index (χ0) is 13.1. The van der Waals surface area contributed by atoms with Crippen molar-refractivity contribution in [2.45, 2.75) is 26.3 Å². The highest BCUT2D eigenvalue weighted by Gasteiger charge is 2.06. The predicted octanol–water partition coefficient (Wildman–Crippen LogP) is 4.24. The normalized spacial score (nSPS) is 10.9. The number of halogens is 1. The molecule has 0 spiro atoms. The van der Waals surface area contributed by atoms with Crippen LogP contribution in [0.3, 0.4) is 0 Å². The minimum atomic E-state index is 0.319. The van der Waals surface area contributed by atoms with E-state index in [2.05, 4.69) is 24.1 Å². The SMILES string of the molecule is CC(C)c1ccc(NCc2cnc(Cl)s2)cc1O. The number of nitrogens with one attached hydrogen (secondary N) is 1. The highest BCUT2D eigenvalue weighted by Crippen LogP contribution is 2.28. The van der Waals surface area contributed by atoms with Crippen molar-refractivity contribution < 1.29 is 5.11 Å². The number of anilines is 1. The van der Waals surface area contributed by atoms with Crippen molar-refractivity contribution in [1.82, 2.24) is 4.98 Å². The fourth-order valence-corrected chi connectivity index (χ4v) is 2.61. The Morgan fingerprint density at radius 1 is 1.44 bits per heavy atom. The van der Waals surface area contributed by atoms with Crippen LogP contribution in [0.1, 0.15) is 30.2 Å². The molecule has 0 atom stereocenters. The van der Waals surface area contributed by atoms with Crippen molar-refractivity contribution in [2.24, 2.45) is 0 Å². The molecular weight excluding hydrogens is 268 g/mol. The van der Waals surface area contributed by atoms with E-state index in [9.17, 15) is 5.11 Å². The smallest absolute Gasteiger partial charge is 0.183 e. The third-order valence-electron chi connectivity index (χ3n) is 2.64. The summed E-state index contributed by atoms with van der Waals surface area (Å²) in [7, 11) is 0. The summed E-state index contributed by atoms with van der Waals surface area (Å²) in [5.74, 6) is 0.650. The molecule has 0 saturated heterocycles. The Bertz CT molecular complexity index is 540. The molecule has 0 bridgehead atoms. The van der Waals surface area contributed by atoms with Gasteiger partial charge in [0.1, 0.15) is 5.75 Å². The quantitative estimate of drug-likeness (QED) is 0.882. The van der Waals surface area contributed by atoms with Crippen molar-refractivity contribution in [2.75, 3.05) is 5.32 Å². The number of phenols is 1. The van der Waals surface area contributed by atoms with Crippen molar-refractivity contribution in [3.63, 3.8) is 0 Å². The summed E-state index contributed by atoms with van der Waals surface area (Å²) >= 11 is 7.21. The van der Waals surface area contributed by atoms with Crippen LogP contribution in [0.25, 0.3) is 0 Å². The van der Waals surface area contributed by atoms with E-state index in [-0.39, 0.29) is 0 Å². The van der Waals surface area contributed by atoms with Crippen molar-refractivity contribution in [3.05, 3.63) is 39.3 Å². The van der Waals surface area contributed by atoms with Gasteiger partial charge >= 0.3 is 0 Å². The molecule has 2 aromatic rings. The van der Waals surface area contributed by atoms with E-state index in [1.54, 1.807) is 12.3 Å². The van der Waals surface area contributed by atoms with Crippen LogP contribution in [-0.4, -0.2) is 10.1 Å².